The summed E-state index contributed by atoms with van der Waals surface area (Å²) in [6.45, 7) is 0. The smallest absolute Gasteiger partial charge is 0.203 e. The average Bonchev–Trinajstić information content (AvgIpc) is 2.61. The number of ketones is 1. The molecule has 0 amide bonds. The van der Waals surface area contributed by atoms with Crippen molar-refractivity contribution in [3.63, 3.8) is 0 Å². The number of hydrogen-bond donors (Lipinski definition) is 0. The predicted molar refractivity (Wildman–Crippen MR) is 95.9 cm³/mol. The molecule has 2 rings (SSSR count). The summed E-state index contributed by atoms with van der Waals surface area (Å²) < 4.78 is 29.4. The topological polar surface area (TPSA) is 44.8 Å². The Morgan fingerprint density at radius 3 is 2.28 bits per heavy atom. The predicted octanol–water partition coefficient (Wildman–Crippen LogP) is 5.05. The van der Waals surface area contributed by atoms with Gasteiger partial charge < -0.3 is 14.2 Å². The van der Waals surface area contributed by atoms with Gasteiger partial charge in [0, 0.05) is 11.1 Å². The van der Waals surface area contributed by atoms with Crippen molar-refractivity contribution >= 4 is 35.1 Å². The standard InChI is InChI=1S/C18H15Cl2FO4/c1-23-16-7-5-10(17(24-2)18(16)25-3)4-6-15(22)11-8-14(21)13(20)9-12(11)19/h4-9H,1-3H3/b6-4+. The summed E-state index contributed by atoms with van der Waals surface area (Å²) >= 11 is 11.6. The molecule has 0 saturated carbocycles. The Morgan fingerprint density at radius 1 is 1.00 bits per heavy atom. The average molecular weight is 385 g/mol. The van der Waals surface area contributed by atoms with Crippen LogP contribution in [0.3, 0.4) is 0 Å². The molecule has 0 N–H and O–H groups in total. The Balaban J connectivity index is 2.39. The van der Waals surface area contributed by atoms with Crippen molar-refractivity contribution in [1.82, 2.24) is 0 Å². The molecule has 0 aliphatic heterocycles. The van der Waals surface area contributed by atoms with Crippen molar-refractivity contribution in [3.8, 4) is 17.2 Å². The van der Waals surface area contributed by atoms with Crippen LogP contribution in [0.15, 0.2) is 30.3 Å². The van der Waals surface area contributed by atoms with Gasteiger partial charge in [0.2, 0.25) is 5.75 Å². The Hall–Kier alpha value is -2.24. The van der Waals surface area contributed by atoms with Gasteiger partial charge in [-0.15, -0.1) is 0 Å². The maximum absolute atomic E-state index is 13.6. The highest BCUT2D eigenvalue weighted by atomic mass is 35.5. The number of ether oxygens (including phenoxy) is 3. The zero-order chi connectivity index (χ0) is 18.6. The van der Waals surface area contributed by atoms with Crippen molar-refractivity contribution in [3.05, 3.63) is 57.3 Å². The molecule has 0 aliphatic rings. The van der Waals surface area contributed by atoms with E-state index in [1.165, 1.54) is 39.5 Å². The molecular weight excluding hydrogens is 370 g/mol. The molecule has 4 nitrogen and oxygen atoms in total. The highest BCUT2D eigenvalue weighted by molar-refractivity contribution is 6.37. The SMILES string of the molecule is COc1ccc(/C=C/C(=O)c2cc(F)c(Cl)cc2Cl)c(OC)c1OC. The van der Waals surface area contributed by atoms with Gasteiger partial charge in [0.15, 0.2) is 17.3 Å². The molecule has 25 heavy (non-hydrogen) atoms. The van der Waals surface area contributed by atoms with Gasteiger partial charge in [0.1, 0.15) is 5.82 Å². The van der Waals surface area contributed by atoms with Gasteiger partial charge in [0.25, 0.3) is 0 Å². The monoisotopic (exact) mass is 384 g/mol. The summed E-state index contributed by atoms with van der Waals surface area (Å²) in [6, 6.07) is 5.58. The summed E-state index contributed by atoms with van der Waals surface area (Å²) in [5, 5.41) is -0.0765. The van der Waals surface area contributed by atoms with Gasteiger partial charge in [-0.25, -0.2) is 4.39 Å². The van der Waals surface area contributed by atoms with E-state index in [0.29, 0.717) is 22.8 Å². The fourth-order valence-corrected chi connectivity index (χ4v) is 2.70. The van der Waals surface area contributed by atoms with Crippen LogP contribution in [0.4, 0.5) is 4.39 Å². The molecule has 0 saturated heterocycles. The van der Waals surface area contributed by atoms with E-state index in [9.17, 15) is 9.18 Å². The normalized spacial score (nSPS) is 10.8. The highest BCUT2D eigenvalue weighted by Crippen LogP contribution is 2.40. The third-order valence-corrected chi connectivity index (χ3v) is 4.03. The van der Waals surface area contributed by atoms with Crippen molar-refractivity contribution < 1.29 is 23.4 Å². The lowest BCUT2D eigenvalue weighted by atomic mass is 10.1. The molecule has 0 bridgehead atoms. The maximum atomic E-state index is 13.6. The van der Waals surface area contributed by atoms with E-state index in [-0.39, 0.29) is 15.6 Å². The van der Waals surface area contributed by atoms with E-state index in [2.05, 4.69) is 0 Å². The lowest BCUT2D eigenvalue weighted by Gasteiger charge is -2.14. The fraction of sp³-hybridized carbons (Fsp3) is 0.167. The molecule has 0 spiro atoms. The quantitative estimate of drug-likeness (QED) is 0.396. The Morgan fingerprint density at radius 2 is 1.68 bits per heavy atom. The van der Waals surface area contributed by atoms with E-state index in [1.807, 2.05) is 0 Å². The molecular formula is C18H15Cl2FO4. The van der Waals surface area contributed by atoms with Gasteiger partial charge in [-0.3, -0.25) is 4.79 Å². The fourth-order valence-electron chi connectivity index (χ4n) is 2.22. The first-order valence-corrected chi connectivity index (χ1v) is 7.84. The van der Waals surface area contributed by atoms with Gasteiger partial charge in [0.05, 0.1) is 31.4 Å². The molecule has 0 heterocycles. The minimum Gasteiger partial charge on any atom is -0.493 e. The van der Waals surface area contributed by atoms with Crippen LogP contribution in [0.1, 0.15) is 15.9 Å². The second kappa shape index (κ2) is 8.23. The number of halogens is 3. The third kappa shape index (κ3) is 4.06. The van der Waals surface area contributed by atoms with Gasteiger partial charge in [-0.05, 0) is 36.4 Å². The van der Waals surface area contributed by atoms with Crippen LogP contribution in [0, 0.1) is 5.82 Å². The van der Waals surface area contributed by atoms with E-state index < -0.39 is 11.6 Å². The van der Waals surface area contributed by atoms with Crippen LogP contribution in [-0.2, 0) is 0 Å². The van der Waals surface area contributed by atoms with Crippen molar-refractivity contribution in [2.24, 2.45) is 0 Å². The number of hydrogen-bond acceptors (Lipinski definition) is 4. The van der Waals surface area contributed by atoms with Crippen LogP contribution in [0.5, 0.6) is 17.2 Å². The van der Waals surface area contributed by atoms with Crippen LogP contribution >= 0.6 is 23.2 Å². The van der Waals surface area contributed by atoms with Crippen LogP contribution < -0.4 is 14.2 Å². The molecule has 0 aromatic heterocycles. The summed E-state index contributed by atoms with van der Waals surface area (Å²) in [6.07, 6.45) is 2.78. The number of benzene rings is 2. The summed E-state index contributed by atoms with van der Waals surface area (Å²) in [5.41, 5.74) is 0.596. The van der Waals surface area contributed by atoms with E-state index in [4.69, 9.17) is 37.4 Å². The summed E-state index contributed by atoms with van der Waals surface area (Å²) in [7, 11) is 4.46. The molecule has 0 radical (unpaired) electrons. The number of carbonyl (C=O) groups excluding carboxylic acids is 1. The molecule has 2 aromatic carbocycles. The molecule has 0 fully saturated rings. The van der Waals surface area contributed by atoms with Gasteiger partial charge in [-0.2, -0.15) is 0 Å². The molecule has 0 atom stereocenters. The first-order valence-electron chi connectivity index (χ1n) is 7.08. The second-order valence-electron chi connectivity index (χ2n) is 4.87. The van der Waals surface area contributed by atoms with E-state index in [0.717, 1.165) is 6.07 Å². The number of carbonyl (C=O) groups is 1. The lowest BCUT2D eigenvalue weighted by Crippen LogP contribution is -1.99. The minimum absolute atomic E-state index is 0.0132. The Bertz CT molecular complexity index is 834. The molecule has 0 unspecified atom stereocenters. The van der Waals surface area contributed by atoms with Crippen LogP contribution in [0.2, 0.25) is 10.0 Å². The minimum atomic E-state index is -0.716. The number of rotatable bonds is 6. The van der Waals surface area contributed by atoms with Gasteiger partial charge >= 0.3 is 0 Å². The molecule has 2 aromatic rings. The third-order valence-electron chi connectivity index (χ3n) is 3.42. The van der Waals surface area contributed by atoms with Crippen LogP contribution in [-0.4, -0.2) is 27.1 Å². The van der Waals surface area contributed by atoms with E-state index >= 15 is 0 Å². The first kappa shape index (κ1) is 19.1. The Kier molecular flexibility index (Phi) is 6.28. The maximum Gasteiger partial charge on any atom is 0.203 e. The Labute approximate surface area is 154 Å². The summed E-state index contributed by atoms with van der Waals surface area (Å²) in [4.78, 5) is 12.3. The number of allylic oxidation sites excluding steroid dienone is 1. The van der Waals surface area contributed by atoms with Crippen molar-refractivity contribution in [2.45, 2.75) is 0 Å². The highest BCUT2D eigenvalue weighted by Gasteiger charge is 2.16. The molecule has 0 aliphatic carbocycles. The molecule has 7 heteroatoms. The zero-order valence-corrected chi connectivity index (χ0v) is 15.2. The lowest BCUT2D eigenvalue weighted by molar-refractivity contribution is 0.104. The number of methoxy groups -OCH3 is 3. The first-order chi connectivity index (χ1) is 11.9. The summed E-state index contributed by atoms with van der Waals surface area (Å²) in [5.74, 6) is 0.101. The zero-order valence-electron chi connectivity index (χ0n) is 13.7. The largest absolute Gasteiger partial charge is 0.493 e. The van der Waals surface area contributed by atoms with Crippen LogP contribution in [0.25, 0.3) is 6.08 Å². The second-order valence-corrected chi connectivity index (χ2v) is 5.68. The van der Waals surface area contributed by atoms with Crippen molar-refractivity contribution in [1.29, 1.82) is 0 Å². The van der Waals surface area contributed by atoms with E-state index in [1.54, 1.807) is 12.1 Å². The molecule has 132 valence electrons. The van der Waals surface area contributed by atoms with Crippen molar-refractivity contribution in [2.75, 3.05) is 21.3 Å². The van der Waals surface area contributed by atoms with Gasteiger partial charge in [-0.1, -0.05) is 23.2 Å².